The van der Waals surface area contributed by atoms with Gasteiger partial charge >= 0.3 is 11.8 Å². The Bertz CT molecular complexity index is 516. The Kier molecular flexibility index (Phi) is 5.77. The van der Waals surface area contributed by atoms with Crippen LogP contribution in [0.3, 0.4) is 0 Å². The molecule has 1 aromatic carbocycles. The molecule has 1 aromatic rings. The normalized spacial score (nSPS) is 20.5. The number of anilines is 1. The third-order valence-electron chi connectivity index (χ3n) is 4.15. The average Bonchev–Trinajstić information content (AvgIpc) is 3.00. The number of nitrogens with one attached hydrogen (secondary N) is 3. The minimum Gasteiger partial charge on any atom is -0.497 e. The van der Waals surface area contributed by atoms with Gasteiger partial charge in [0.05, 0.1) is 26.7 Å². The maximum absolute atomic E-state index is 11.9. The van der Waals surface area contributed by atoms with Gasteiger partial charge in [-0.15, -0.1) is 0 Å². The van der Waals surface area contributed by atoms with Gasteiger partial charge in [-0.1, -0.05) is 0 Å². The Balaban J connectivity index is 1.80. The van der Waals surface area contributed by atoms with Gasteiger partial charge < -0.3 is 20.3 Å². The molecule has 0 bridgehead atoms. The van der Waals surface area contributed by atoms with E-state index in [4.69, 9.17) is 4.74 Å². The first-order valence-electron chi connectivity index (χ1n) is 7.71. The Morgan fingerprint density at radius 1 is 1.27 bits per heavy atom. The third kappa shape index (κ3) is 4.21. The number of hydrogen-bond acceptors (Lipinski definition) is 3. The standard InChI is InChI=1S/C16H23N3O3/c1-3-19-10-4-5-13(19)11-17-15(20)16(21)18-12-6-8-14(22-2)9-7-12/h6-9,13H,3-5,10-11H2,1-2H3,(H,17,20)(H,18,21)/p+1/t13-/m1/s1. The fraction of sp³-hybridized carbons (Fsp3) is 0.500. The summed E-state index contributed by atoms with van der Waals surface area (Å²) in [6.45, 7) is 4.90. The molecule has 6 nitrogen and oxygen atoms in total. The lowest BCUT2D eigenvalue weighted by molar-refractivity contribution is -0.909. The van der Waals surface area contributed by atoms with Crippen LogP contribution in [-0.2, 0) is 9.59 Å². The van der Waals surface area contributed by atoms with Crippen LogP contribution in [0, 0.1) is 0 Å². The lowest BCUT2D eigenvalue weighted by atomic mass is 10.2. The SMILES string of the molecule is CC[NH+]1CCC[C@@H]1CNC(=O)C(=O)Nc1ccc(OC)cc1. The number of likely N-dealkylation sites (N-methyl/N-ethyl adjacent to an activating group) is 1. The predicted octanol–water partition coefficient (Wildman–Crippen LogP) is -0.183. The lowest BCUT2D eigenvalue weighted by Gasteiger charge is -2.19. The van der Waals surface area contributed by atoms with Crippen LogP contribution in [0.2, 0.25) is 0 Å². The minimum atomic E-state index is -0.638. The van der Waals surface area contributed by atoms with Crippen LogP contribution < -0.4 is 20.3 Å². The number of rotatable bonds is 5. The van der Waals surface area contributed by atoms with E-state index in [2.05, 4.69) is 17.6 Å². The number of likely N-dealkylation sites (tertiary alicyclic amines) is 1. The largest absolute Gasteiger partial charge is 0.497 e. The van der Waals surface area contributed by atoms with Crippen LogP contribution in [0.4, 0.5) is 5.69 Å². The molecule has 1 aliphatic rings. The second kappa shape index (κ2) is 7.79. The summed E-state index contributed by atoms with van der Waals surface area (Å²) in [6, 6.07) is 7.28. The van der Waals surface area contributed by atoms with Gasteiger partial charge in [0.15, 0.2) is 0 Å². The first-order chi connectivity index (χ1) is 10.6. The van der Waals surface area contributed by atoms with Crippen molar-refractivity contribution >= 4 is 17.5 Å². The van der Waals surface area contributed by atoms with E-state index in [-0.39, 0.29) is 0 Å². The molecule has 1 saturated heterocycles. The molecule has 0 aromatic heterocycles. The molecule has 2 atom stereocenters. The van der Waals surface area contributed by atoms with Crippen molar-refractivity contribution in [1.29, 1.82) is 0 Å². The fourth-order valence-electron chi connectivity index (χ4n) is 2.85. The molecule has 6 heteroatoms. The highest BCUT2D eigenvalue weighted by Crippen LogP contribution is 2.14. The third-order valence-corrected chi connectivity index (χ3v) is 4.15. The van der Waals surface area contributed by atoms with Crippen LogP contribution in [0.25, 0.3) is 0 Å². The first-order valence-corrected chi connectivity index (χ1v) is 7.71. The monoisotopic (exact) mass is 306 g/mol. The van der Waals surface area contributed by atoms with Crippen LogP contribution >= 0.6 is 0 Å². The number of carbonyl (C=O) groups excluding carboxylic acids is 2. The quantitative estimate of drug-likeness (QED) is 0.661. The molecule has 1 fully saturated rings. The van der Waals surface area contributed by atoms with Gasteiger partial charge in [0.25, 0.3) is 0 Å². The molecule has 1 heterocycles. The van der Waals surface area contributed by atoms with Crippen molar-refractivity contribution in [2.45, 2.75) is 25.8 Å². The Hall–Kier alpha value is -2.08. The molecule has 1 aliphatic heterocycles. The molecule has 3 N–H and O–H groups in total. The molecule has 120 valence electrons. The zero-order chi connectivity index (χ0) is 15.9. The summed E-state index contributed by atoms with van der Waals surface area (Å²) in [5.74, 6) is -0.523. The number of benzene rings is 1. The van der Waals surface area contributed by atoms with E-state index in [1.807, 2.05) is 0 Å². The number of amides is 2. The summed E-state index contributed by atoms with van der Waals surface area (Å²) < 4.78 is 5.04. The van der Waals surface area contributed by atoms with Crippen LogP contribution in [0.15, 0.2) is 24.3 Å². The topological polar surface area (TPSA) is 71.9 Å². The van der Waals surface area contributed by atoms with Gasteiger partial charge in [0.1, 0.15) is 11.8 Å². The summed E-state index contributed by atoms with van der Waals surface area (Å²) in [5.41, 5.74) is 0.572. The lowest BCUT2D eigenvalue weighted by Crippen LogP contribution is -3.14. The molecule has 1 unspecified atom stereocenters. The van der Waals surface area contributed by atoms with E-state index in [0.717, 1.165) is 19.5 Å². The number of quaternary nitrogens is 1. The van der Waals surface area contributed by atoms with E-state index in [0.29, 0.717) is 24.0 Å². The molecular weight excluding hydrogens is 282 g/mol. The van der Waals surface area contributed by atoms with Gasteiger partial charge in [-0.3, -0.25) is 9.59 Å². The van der Waals surface area contributed by atoms with Gasteiger partial charge in [0.2, 0.25) is 0 Å². The van der Waals surface area contributed by atoms with Crippen molar-refractivity contribution in [2.75, 3.05) is 32.1 Å². The first kappa shape index (κ1) is 16.3. The molecule has 0 aliphatic carbocycles. The van der Waals surface area contributed by atoms with E-state index < -0.39 is 11.8 Å². The van der Waals surface area contributed by atoms with Crippen molar-refractivity contribution in [2.24, 2.45) is 0 Å². The second-order valence-corrected chi connectivity index (χ2v) is 5.49. The highest BCUT2D eigenvalue weighted by molar-refractivity contribution is 6.39. The second-order valence-electron chi connectivity index (χ2n) is 5.49. The van der Waals surface area contributed by atoms with E-state index >= 15 is 0 Å². The van der Waals surface area contributed by atoms with E-state index in [9.17, 15) is 9.59 Å². The summed E-state index contributed by atoms with van der Waals surface area (Å²) in [6.07, 6.45) is 2.28. The van der Waals surface area contributed by atoms with Gasteiger partial charge in [0, 0.05) is 18.5 Å². The zero-order valence-corrected chi connectivity index (χ0v) is 13.1. The maximum atomic E-state index is 11.9. The highest BCUT2D eigenvalue weighted by Gasteiger charge is 2.27. The molecule has 0 radical (unpaired) electrons. The summed E-state index contributed by atoms with van der Waals surface area (Å²) in [4.78, 5) is 25.2. The van der Waals surface area contributed by atoms with Crippen molar-refractivity contribution < 1.29 is 19.2 Å². The van der Waals surface area contributed by atoms with Crippen molar-refractivity contribution in [3.8, 4) is 5.75 Å². The van der Waals surface area contributed by atoms with Crippen molar-refractivity contribution in [3.05, 3.63) is 24.3 Å². The Labute approximate surface area is 130 Å². The van der Waals surface area contributed by atoms with Crippen LogP contribution in [0.1, 0.15) is 19.8 Å². The number of ether oxygens (including phenoxy) is 1. The summed E-state index contributed by atoms with van der Waals surface area (Å²) in [5, 5.41) is 5.32. The van der Waals surface area contributed by atoms with Gasteiger partial charge in [-0.2, -0.15) is 0 Å². The molecule has 22 heavy (non-hydrogen) atoms. The molecule has 0 saturated carbocycles. The Morgan fingerprint density at radius 2 is 2.00 bits per heavy atom. The molecule has 0 spiro atoms. The smallest absolute Gasteiger partial charge is 0.313 e. The number of carbonyl (C=O) groups is 2. The highest BCUT2D eigenvalue weighted by atomic mass is 16.5. The van der Waals surface area contributed by atoms with Gasteiger partial charge in [-0.25, -0.2) is 0 Å². The van der Waals surface area contributed by atoms with Crippen LogP contribution in [0.5, 0.6) is 5.75 Å². The Morgan fingerprint density at radius 3 is 2.64 bits per heavy atom. The van der Waals surface area contributed by atoms with E-state index in [1.54, 1.807) is 31.4 Å². The average molecular weight is 306 g/mol. The predicted molar refractivity (Wildman–Crippen MR) is 84.0 cm³/mol. The van der Waals surface area contributed by atoms with Crippen LogP contribution in [-0.4, -0.2) is 44.6 Å². The summed E-state index contributed by atoms with van der Waals surface area (Å²) >= 11 is 0. The minimum absolute atomic E-state index is 0.419. The zero-order valence-electron chi connectivity index (χ0n) is 13.1. The number of methoxy groups -OCH3 is 1. The molecule has 2 rings (SSSR count). The van der Waals surface area contributed by atoms with E-state index in [1.165, 1.54) is 11.3 Å². The number of hydrogen-bond donors (Lipinski definition) is 3. The van der Waals surface area contributed by atoms with Crippen molar-refractivity contribution in [1.82, 2.24) is 5.32 Å². The maximum Gasteiger partial charge on any atom is 0.313 e. The van der Waals surface area contributed by atoms with Gasteiger partial charge in [-0.05, 0) is 31.2 Å². The molecular formula is C16H24N3O3+. The van der Waals surface area contributed by atoms with Crippen molar-refractivity contribution in [3.63, 3.8) is 0 Å². The molecule has 2 amide bonds. The summed E-state index contributed by atoms with van der Waals surface area (Å²) in [7, 11) is 1.58. The fourth-order valence-corrected chi connectivity index (χ4v) is 2.85.